The summed E-state index contributed by atoms with van der Waals surface area (Å²) in [5, 5.41) is 19.9. The van der Waals surface area contributed by atoms with Gasteiger partial charge in [-0.1, -0.05) is 24.8 Å². The van der Waals surface area contributed by atoms with E-state index in [1.807, 2.05) is 35.7 Å². The minimum Gasteiger partial charge on any atom is -0.495 e. The van der Waals surface area contributed by atoms with Gasteiger partial charge in [-0.05, 0) is 50.2 Å². The molecule has 1 fully saturated rings. The molecule has 8 nitrogen and oxygen atoms in total. The topological polar surface area (TPSA) is 99.5 Å². The van der Waals surface area contributed by atoms with Gasteiger partial charge in [-0.2, -0.15) is 5.26 Å². The predicted molar refractivity (Wildman–Crippen MR) is 153 cm³/mol. The van der Waals surface area contributed by atoms with E-state index in [2.05, 4.69) is 40.2 Å². The van der Waals surface area contributed by atoms with Crippen molar-refractivity contribution in [3.8, 4) is 23.1 Å². The smallest absolute Gasteiger partial charge is 0.280 e. The summed E-state index contributed by atoms with van der Waals surface area (Å²) in [6.45, 7) is 5.74. The number of carbonyl (C=O) groups excluding carboxylic acids is 1. The zero-order valence-corrected chi connectivity index (χ0v) is 23.1. The molecule has 2 N–H and O–H groups in total. The third-order valence-electron chi connectivity index (χ3n) is 7.14. The molecule has 1 aliphatic rings. The number of nitrogens with zero attached hydrogens (tertiary/aromatic N) is 3. The van der Waals surface area contributed by atoms with E-state index in [1.54, 1.807) is 14.2 Å². The van der Waals surface area contributed by atoms with Crippen molar-refractivity contribution in [1.29, 1.82) is 5.26 Å². The fraction of sp³-hybridized carbons (Fsp3) is 0.414. The van der Waals surface area contributed by atoms with Crippen LogP contribution in [0.1, 0.15) is 35.5 Å². The summed E-state index contributed by atoms with van der Waals surface area (Å²) < 4.78 is 10.8. The molecule has 1 amide bonds. The number of methoxy groups -OCH3 is 2. The number of thiazole rings is 1. The number of hydrogen-bond acceptors (Lipinski definition) is 8. The lowest BCUT2D eigenvalue weighted by Gasteiger charge is -2.34. The first-order chi connectivity index (χ1) is 18.4. The van der Waals surface area contributed by atoms with Crippen LogP contribution in [0.3, 0.4) is 0 Å². The van der Waals surface area contributed by atoms with Crippen molar-refractivity contribution < 1.29 is 14.3 Å². The van der Waals surface area contributed by atoms with Gasteiger partial charge in [0.15, 0.2) is 5.01 Å². The maximum absolute atomic E-state index is 13.0. The SMILES string of the molecule is C=C(C#N)CNc1c(OC)ccc2ccc(-c3csc(C(=O)NC4CCC(N(C)CCOC)CC4)n3)cc12. The molecule has 0 spiro atoms. The molecule has 3 aromatic rings. The van der Waals surface area contributed by atoms with Crippen molar-refractivity contribution in [2.75, 3.05) is 46.3 Å². The first-order valence-corrected chi connectivity index (χ1v) is 13.7. The van der Waals surface area contributed by atoms with Crippen LogP contribution in [0.4, 0.5) is 5.69 Å². The van der Waals surface area contributed by atoms with Crippen LogP contribution in [0.25, 0.3) is 22.0 Å². The molecule has 0 unspecified atom stereocenters. The second-order valence-electron chi connectivity index (χ2n) is 9.64. The van der Waals surface area contributed by atoms with Crippen LogP contribution in [0.5, 0.6) is 5.75 Å². The average molecular weight is 534 g/mol. The van der Waals surface area contributed by atoms with E-state index in [0.29, 0.717) is 28.9 Å². The molecule has 9 heteroatoms. The summed E-state index contributed by atoms with van der Waals surface area (Å²) in [5.41, 5.74) is 2.88. The monoisotopic (exact) mass is 533 g/mol. The predicted octanol–water partition coefficient (Wildman–Crippen LogP) is 5.08. The number of nitriles is 1. The van der Waals surface area contributed by atoms with Gasteiger partial charge in [0.2, 0.25) is 0 Å². The molecule has 200 valence electrons. The molecule has 2 aromatic carbocycles. The molecule has 0 aliphatic heterocycles. The van der Waals surface area contributed by atoms with Crippen molar-refractivity contribution >= 4 is 33.7 Å². The maximum atomic E-state index is 13.0. The van der Waals surface area contributed by atoms with Crippen molar-refractivity contribution in [3.05, 3.63) is 52.9 Å². The normalized spacial score (nSPS) is 17.2. The van der Waals surface area contributed by atoms with Crippen LogP contribution >= 0.6 is 11.3 Å². The molecule has 4 rings (SSSR count). The second kappa shape index (κ2) is 12.9. The molecule has 1 aliphatic carbocycles. The number of aromatic nitrogens is 1. The number of fused-ring (bicyclic) bond motifs is 1. The molecule has 38 heavy (non-hydrogen) atoms. The summed E-state index contributed by atoms with van der Waals surface area (Å²) in [5.74, 6) is 0.565. The zero-order chi connectivity index (χ0) is 27.1. The van der Waals surface area contributed by atoms with Gasteiger partial charge in [-0.3, -0.25) is 4.79 Å². The van der Waals surface area contributed by atoms with Crippen LogP contribution in [0.2, 0.25) is 0 Å². The summed E-state index contributed by atoms with van der Waals surface area (Å²) in [6.07, 6.45) is 4.05. The minimum atomic E-state index is -0.114. The third kappa shape index (κ3) is 6.51. The number of anilines is 1. The van der Waals surface area contributed by atoms with Gasteiger partial charge < -0.3 is 25.0 Å². The summed E-state index contributed by atoms with van der Waals surface area (Å²) in [4.78, 5) is 20.0. The average Bonchev–Trinajstić information content (AvgIpc) is 3.45. The van der Waals surface area contributed by atoms with Crippen molar-refractivity contribution in [3.63, 3.8) is 0 Å². The lowest BCUT2D eigenvalue weighted by atomic mass is 9.90. The number of likely N-dealkylation sites (N-methyl/N-ethyl adjacent to an activating group) is 1. The largest absolute Gasteiger partial charge is 0.495 e. The van der Waals surface area contributed by atoms with Gasteiger partial charge in [-0.15, -0.1) is 11.3 Å². The Kier molecular flexibility index (Phi) is 9.34. The fourth-order valence-electron chi connectivity index (χ4n) is 4.88. The fourth-order valence-corrected chi connectivity index (χ4v) is 5.61. The van der Waals surface area contributed by atoms with Crippen molar-refractivity contribution in [2.24, 2.45) is 0 Å². The number of amides is 1. The molecule has 0 radical (unpaired) electrons. The number of ether oxygens (including phenoxy) is 2. The second-order valence-corrected chi connectivity index (χ2v) is 10.5. The standard InChI is InChI=1S/C29H35N5O3S/c1-19(16-30)17-31-27-24-15-21(6-5-20(24)7-12-26(27)37-4)25-18-38-29(33-25)28(35)32-22-8-10-23(11-9-22)34(2)13-14-36-3/h5-7,12,15,18,22-23,31H,1,8-11,13-14,17H2,2-4H3,(H,32,35). The summed E-state index contributed by atoms with van der Waals surface area (Å²) >= 11 is 1.36. The van der Waals surface area contributed by atoms with Crippen LogP contribution in [-0.4, -0.2) is 68.8 Å². The Labute approximate surface area is 228 Å². The van der Waals surface area contributed by atoms with Gasteiger partial charge in [0.25, 0.3) is 5.91 Å². The highest BCUT2D eigenvalue weighted by atomic mass is 32.1. The van der Waals surface area contributed by atoms with E-state index in [9.17, 15) is 4.79 Å². The number of benzene rings is 2. The number of carbonyl (C=O) groups is 1. The first kappa shape index (κ1) is 27.6. The molecular formula is C29H35N5O3S. The molecule has 1 saturated carbocycles. The Morgan fingerprint density at radius 2 is 2.00 bits per heavy atom. The Morgan fingerprint density at radius 3 is 2.71 bits per heavy atom. The Bertz CT molecular complexity index is 1320. The highest BCUT2D eigenvalue weighted by Crippen LogP contribution is 2.36. The molecule has 1 aromatic heterocycles. The van der Waals surface area contributed by atoms with Gasteiger partial charge in [-0.25, -0.2) is 4.98 Å². The Hall–Kier alpha value is -3.45. The molecule has 0 bridgehead atoms. The quantitative estimate of drug-likeness (QED) is 0.332. The van der Waals surface area contributed by atoms with E-state index < -0.39 is 0 Å². The first-order valence-electron chi connectivity index (χ1n) is 12.8. The van der Waals surface area contributed by atoms with E-state index in [1.165, 1.54) is 11.3 Å². The highest BCUT2D eigenvalue weighted by molar-refractivity contribution is 7.12. The Balaban J connectivity index is 1.45. The van der Waals surface area contributed by atoms with Crippen molar-refractivity contribution in [2.45, 2.75) is 37.8 Å². The van der Waals surface area contributed by atoms with Crippen LogP contribution < -0.4 is 15.4 Å². The van der Waals surface area contributed by atoms with Gasteiger partial charge in [0.1, 0.15) is 5.75 Å². The summed E-state index contributed by atoms with van der Waals surface area (Å²) in [6, 6.07) is 12.7. The number of rotatable bonds is 11. The van der Waals surface area contributed by atoms with Crippen LogP contribution in [-0.2, 0) is 4.74 Å². The zero-order valence-electron chi connectivity index (χ0n) is 22.3. The lowest BCUT2D eigenvalue weighted by molar-refractivity contribution is 0.0896. The Morgan fingerprint density at radius 1 is 1.24 bits per heavy atom. The highest BCUT2D eigenvalue weighted by Gasteiger charge is 2.26. The van der Waals surface area contributed by atoms with Gasteiger partial charge in [0, 0.05) is 54.2 Å². The van der Waals surface area contributed by atoms with Gasteiger partial charge in [0.05, 0.1) is 31.2 Å². The molecule has 0 atom stereocenters. The van der Waals surface area contributed by atoms with E-state index >= 15 is 0 Å². The van der Waals surface area contributed by atoms with E-state index in [0.717, 1.165) is 66.6 Å². The number of nitrogens with one attached hydrogen (secondary N) is 2. The minimum absolute atomic E-state index is 0.114. The van der Waals surface area contributed by atoms with Gasteiger partial charge >= 0.3 is 0 Å². The molecule has 1 heterocycles. The molecule has 0 saturated heterocycles. The molecular weight excluding hydrogens is 498 g/mol. The van der Waals surface area contributed by atoms with Crippen LogP contribution in [0.15, 0.2) is 47.9 Å². The van der Waals surface area contributed by atoms with Crippen LogP contribution in [0, 0.1) is 11.3 Å². The lowest BCUT2D eigenvalue weighted by Crippen LogP contribution is -2.43. The van der Waals surface area contributed by atoms with E-state index in [4.69, 9.17) is 14.7 Å². The maximum Gasteiger partial charge on any atom is 0.280 e. The third-order valence-corrected chi connectivity index (χ3v) is 7.98. The summed E-state index contributed by atoms with van der Waals surface area (Å²) in [7, 11) is 5.49. The van der Waals surface area contributed by atoms with Crippen molar-refractivity contribution in [1.82, 2.24) is 15.2 Å². The number of hydrogen-bond donors (Lipinski definition) is 2. The van der Waals surface area contributed by atoms with E-state index in [-0.39, 0.29) is 11.9 Å².